The van der Waals surface area contributed by atoms with Gasteiger partial charge in [0.15, 0.2) is 0 Å². The number of hydrogen-bond donors (Lipinski definition) is 1. The summed E-state index contributed by atoms with van der Waals surface area (Å²) in [4.78, 5) is 25.9. The first-order valence-corrected chi connectivity index (χ1v) is 10.9. The van der Waals surface area contributed by atoms with E-state index in [9.17, 15) is 14.7 Å². The largest absolute Gasteiger partial charge is 0.481 e. The molecule has 166 valence electrons. The Morgan fingerprint density at radius 3 is 1.68 bits per heavy atom. The van der Waals surface area contributed by atoms with Crippen molar-refractivity contribution < 1.29 is 19.4 Å². The molecule has 4 heteroatoms. The molecule has 1 N–H and O–H groups in total. The van der Waals surface area contributed by atoms with E-state index in [1.54, 1.807) is 0 Å². The van der Waals surface area contributed by atoms with Gasteiger partial charge in [-0.25, -0.2) is 0 Å². The van der Waals surface area contributed by atoms with E-state index in [4.69, 9.17) is 4.74 Å². The van der Waals surface area contributed by atoms with Gasteiger partial charge in [0, 0.05) is 0 Å². The molecule has 0 aliphatic heterocycles. The molecule has 0 amide bonds. The summed E-state index contributed by atoms with van der Waals surface area (Å²) in [7, 11) is 0. The molecule has 2 unspecified atom stereocenters. The molecule has 2 atom stereocenters. The van der Waals surface area contributed by atoms with E-state index in [2.05, 4.69) is 48.5 Å². The lowest BCUT2D eigenvalue weighted by molar-refractivity contribution is -0.174. The zero-order valence-electron chi connectivity index (χ0n) is 20.1. The Balaban J connectivity index is 6.16. The van der Waals surface area contributed by atoms with Gasteiger partial charge < -0.3 is 9.84 Å². The second-order valence-electron chi connectivity index (χ2n) is 11.8. The van der Waals surface area contributed by atoms with Crippen molar-refractivity contribution in [2.45, 2.75) is 101 Å². The van der Waals surface area contributed by atoms with Crippen molar-refractivity contribution >= 4 is 11.9 Å². The van der Waals surface area contributed by atoms with Gasteiger partial charge in [0.05, 0.1) is 17.9 Å². The van der Waals surface area contributed by atoms with Gasteiger partial charge in [-0.3, -0.25) is 9.59 Å². The van der Waals surface area contributed by atoms with Crippen molar-refractivity contribution in [3.05, 3.63) is 0 Å². The van der Waals surface area contributed by atoms with Crippen LogP contribution in [0.3, 0.4) is 0 Å². The minimum absolute atomic E-state index is 0.155. The van der Waals surface area contributed by atoms with E-state index >= 15 is 0 Å². The SMILES string of the molecule is CC(C)CCC(C(=O)O)C(CCC(C)C)(CC(C)(C)C)C(=O)OCC(C)(C)C. The van der Waals surface area contributed by atoms with Crippen LogP contribution in [-0.2, 0) is 14.3 Å². The Bertz CT molecular complexity index is 494. The van der Waals surface area contributed by atoms with Crippen molar-refractivity contribution in [2.75, 3.05) is 6.61 Å². The van der Waals surface area contributed by atoms with Crippen LogP contribution in [0.2, 0.25) is 0 Å². The topological polar surface area (TPSA) is 63.6 Å². The molecule has 0 fully saturated rings. The first-order valence-electron chi connectivity index (χ1n) is 10.9. The number of carboxylic acid groups (broad SMARTS) is 1. The fourth-order valence-corrected chi connectivity index (χ4v) is 3.76. The average molecular weight is 399 g/mol. The summed E-state index contributed by atoms with van der Waals surface area (Å²) in [5, 5.41) is 10.2. The van der Waals surface area contributed by atoms with Gasteiger partial charge >= 0.3 is 11.9 Å². The summed E-state index contributed by atoms with van der Waals surface area (Å²) in [6, 6.07) is 0. The maximum Gasteiger partial charge on any atom is 0.312 e. The predicted molar refractivity (Wildman–Crippen MR) is 116 cm³/mol. The summed E-state index contributed by atoms with van der Waals surface area (Å²) >= 11 is 0. The maximum atomic E-state index is 13.5. The summed E-state index contributed by atoms with van der Waals surface area (Å²) in [6.45, 7) is 21.0. The van der Waals surface area contributed by atoms with Crippen molar-refractivity contribution in [3.63, 3.8) is 0 Å². The van der Waals surface area contributed by atoms with E-state index in [0.29, 0.717) is 37.7 Å². The van der Waals surface area contributed by atoms with Crippen molar-refractivity contribution in [1.82, 2.24) is 0 Å². The van der Waals surface area contributed by atoms with Crippen LogP contribution in [0.5, 0.6) is 0 Å². The second kappa shape index (κ2) is 10.6. The number of carboxylic acids is 1. The molecule has 28 heavy (non-hydrogen) atoms. The van der Waals surface area contributed by atoms with E-state index in [1.807, 2.05) is 20.8 Å². The van der Waals surface area contributed by atoms with Crippen molar-refractivity contribution in [3.8, 4) is 0 Å². The summed E-state index contributed by atoms with van der Waals surface area (Å²) < 4.78 is 5.79. The van der Waals surface area contributed by atoms with Gasteiger partial charge in [-0.1, -0.05) is 75.7 Å². The zero-order valence-corrected chi connectivity index (χ0v) is 20.1. The highest BCUT2D eigenvalue weighted by molar-refractivity contribution is 5.84. The van der Waals surface area contributed by atoms with Gasteiger partial charge in [0.2, 0.25) is 0 Å². The van der Waals surface area contributed by atoms with E-state index in [-0.39, 0.29) is 16.8 Å². The maximum absolute atomic E-state index is 13.5. The minimum atomic E-state index is -0.992. The van der Waals surface area contributed by atoms with Crippen LogP contribution in [0.15, 0.2) is 0 Å². The highest BCUT2D eigenvalue weighted by Crippen LogP contribution is 2.47. The molecule has 0 aromatic heterocycles. The number of esters is 1. The van der Waals surface area contributed by atoms with Gasteiger partial charge in [-0.15, -0.1) is 0 Å². The highest BCUT2D eigenvalue weighted by atomic mass is 16.5. The molecule has 0 radical (unpaired) electrons. The highest BCUT2D eigenvalue weighted by Gasteiger charge is 2.51. The number of carbonyl (C=O) groups is 2. The molecular weight excluding hydrogens is 352 g/mol. The van der Waals surface area contributed by atoms with Crippen molar-refractivity contribution in [2.24, 2.45) is 34.0 Å². The molecule has 0 spiro atoms. The third-order valence-corrected chi connectivity index (χ3v) is 5.05. The van der Waals surface area contributed by atoms with E-state index < -0.39 is 17.3 Å². The van der Waals surface area contributed by atoms with Crippen LogP contribution in [0.1, 0.15) is 101 Å². The van der Waals surface area contributed by atoms with Gasteiger partial charge in [-0.05, 0) is 48.3 Å². The molecule has 0 heterocycles. The Labute approximate surface area is 173 Å². The first-order chi connectivity index (χ1) is 12.5. The van der Waals surface area contributed by atoms with Gasteiger partial charge in [0.1, 0.15) is 0 Å². The summed E-state index contributed by atoms with van der Waals surface area (Å²) in [6.07, 6.45) is 3.18. The molecule has 0 aromatic carbocycles. The molecule has 0 aliphatic rings. The Hall–Kier alpha value is -1.06. The quantitative estimate of drug-likeness (QED) is 0.400. The van der Waals surface area contributed by atoms with E-state index in [0.717, 1.165) is 12.8 Å². The van der Waals surface area contributed by atoms with Crippen LogP contribution in [0.25, 0.3) is 0 Å². The average Bonchev–Trinajstić information content (AvgIpc) is 2.47. The van der Waals surface area contributed by atoms with Crippen LogP contribution in [-0.4, -0.2) is 23.7 Å². The van der Waals surface area contributed by atoms with Gasteiger partial charge in [-0.2, -0.15) is 0 Å². The Morgan fingerprint density at radius 2 is 1.32 bits per heavy atom. The molecule has 0 bridgehead atoms. The number of hydrogen-bond acceptors (Lipinski definition) is 3. The number of aliphatic carboxylic acids is 1. The summed E-state index contributed by atoms with van der Waals surface area (Å²) in [5.74, 6) is -1.13. The molecule has 0 saturated carbocycles. The lowest BCUT2D eigenvalue weighted by Crippen LogP contribution is -2.47. The molecule has 0 rings (SSSR count). The molecule has 0 saturated heterocycles. The summed E-state index contributed by atoms with van der Waals surface area (Å²) in [5.41, 5.74) is -1.32. The fourth-order valence-electron chi connectivity index (χ4n) is 3.76. The Morgan fingerprint density at radius 1 is 0.821 bits per heavy atom. The molecular formula is C24H46O4. The third kappa shape index (κ3) is 9.93. The second-order valence-corrected chi connectivity index (χ2v) is 11.8. The zero-order chi connectivity index (χ0) is 22.3. The Kier molecular flexibility index (Phi) is 10.2. The lowest BCUT2D eigenvalue weighted by Gasteiger charge is -2.42. The normalized spacial score (nSPS) is 16.1. The minimum Gasteiger partial charge on any atom is -0.481 e. The monoisotopic (exact) mass is 398 g/mol. The molecule has 4 nitrogen and oxygen atoms in total. The number of rotatable bonds is 11. The lowest BCUT2D eigenvalue weighted by atomic mass is 9.62. The van der Waals surface area contributed by atoms with Crippen LogP contribution >= 0.6 is 0 Å². The third-order valence-electron chi connectivity index (χ3n) is 5.05. The van der Waals surface area contributed by atoms with Crippen LogP contribution in [0, 0.1) is 34.0 Å². The molecule has 0 aliphatic carbocycles. The number of carbonyl (C=O) groups excluding carboxylic acids is 1. The first kappa shape index (κ1) is 26.9. The predicted octanol–water partition coefficient (Wildman–Crippen LogP) is 6.57. The van der Waals surface area contributed by atoms with Gasteiger partial charge in [0.25, 0.3) is 0 Å². The fraction of sp³-hybridized carbons (Fsp3) is 0.917. The van der Waals surface area contributed by atoms with Crippen LogP contribution in [0.4, 0.5) is 0 Å². The number of ether oxygens (including phenoxy) is 1. The van der Waals surface area contributed by atoms with Crippen molar-refractivity contribution in [1.29, 1.82) is 0 Å². The van der Waals surface area contributed by atoms with E-state index in [1.165, 1.54) is 0 Å². The van der Waals surface area contributed by atoms with Crippen LogP contribution < -0.4 is 0 Å². The standard InChI is InChI=1S/C24H46O4/c1-17(2)11-12-19(20(25)26)24(14-13-18(3)4,15-22(5,6)7)21(27)28-16-23(8,9)10/h17-19H,11-16H2,1-10H3,(H,25,26). The molecule has 0 aromatic rings. The smallest absolute Gasteiger partial charge is 0.312 e.